The molecule has 0 aromatic carbocycles. The zero-order valence-corrected chi connectivity index (χ0v) is 5.96. The van der Waals surface area contributed by atoms with Crippen LogP contribution in [0.25, 0.3) is 0 Å². The molecule has 10 heavy (non-hydrogen) atoms. The summed E-state index contributed by atoms with van der Waals surface area (Å²) in [5.41, 5.74) is 0. The van der Waals surface area contributed by atoms with Crippen LogP contribution in [0.2, 0.25) is 0 Å². The number of nitrogens with one attached hydrogen (secondary N) is 1. The first-order valence-electron chi connectivity index (χ1n) is 3.58. The zero-order valence-electron chi connectivity index (χ0n) is 5.96. The predicted octanol–water partition coefficient (Wildman–Crippen LogP) is 2.14. The molecule has 0 radical (unpaired) electrons. The van der Waals surface area contributed by atoms with Crippen molar-refractivity contribution in [3.8, 4) is 0 Å². The molecule has 0 saturated carbocycles. The summed E-state index contributed by atoms with van der Waals surface area (Å²) in [6, 6.07) is 0. The molecule has 1 heterocycles. The van der Waals surface area contributed by atoms with Crippen LogP contribution in [0.4, 0.5) is 0 Å². The molecule has 1 N–H and O–H groups in total. The van der Waals surface area contributed by atoms with Crippen molar-refractivity contribution in [3.63, 3.8) is 0 Å². The van der Waals surface area contributed by atoms with Gasteiger partial charge >= 0.3 is 0 Å². The number of rotatable bonds is 0. The number of hydrogen-bond acceptors (Lipinski definition) is 1. The van der Waals surface area contributed by atoms with E-state index in [4.69, 9.17) is 0 Å². The molecule has 0 spiro atoms. The largest absolute Gasteiger partial charge is 0.351 e. The highest BCUT2D eigenvalue weighted by atomic mass is 14.8. The number of aromatic nitrogens is 2. The Labute approximate surface area is 61.0 Å². The molecule has 1 aromatic rings. The quantitative estimate of drug-likeness (QED) is 0.544. The lowest BCUT2D eigenvalue weighted by molar-refractivity contribution is 0.929. The normalized spacial score (nSPS) is 14.4. The van der Waals surface area contributed by atoms with E-state index >= 15 is 0 Å². The molecule has 0 saturated heterocycles. The van der Waals surface area contributed by atoms with Gasteiger partial charge in [-0.1, -0.05) is 12.2 Å². The van der Waals surface area contributed by atoms with Gasteiger partial charge in [0.05, 0.1) is 6.33 Å². The molecule has 2 nitrogen and oxygen atoms in total. The molecular weight excluding hydrogens is 124 g/mol. The first kappa shape index (κ1) is 7.06. The van der Waals surface area contributed by atoms with Crippen LogP contribution in [-0.2, 0) is 0 Å². The maximum Gasteiger partial charge on any atom is 0.0919 e. The van der Waals surface area contributed by atoms with Crippen molar-refractivity contribution in [3.05, 3.63) is 30.9 Å². The lowest BCUT2D eigenvalue weighted by Gasteiger charge is -1.69. The average Bonchev–Trinajstić information content (AvgIpc) is 2.67. The van der Waals surface area contributed by atoms with Crippen LogP contribution in [0, 0.1) is 0 Å². The number of nitrogens with zero attached hydrogens (tertiary/aromatic N) is 1. The van der Waals surface area contributed by atoms with Gasteiger partial charge in [0, 0.05) is 12.4 Å². The van der Waals surface area contributed by atoms with E-state index in [0.717, 1.165) is 0 Å². The second-order valence-electron chi connectivity index (χ2n) is 2.16. The lowest BCUT2D eigenvalue weighted by Crippen LogP contribution is -1.50. The van der Waals surface area contributed by atoms with Gasteiger partial charge in [0.1, 0.15) is 0 Å². The molecule has 1 aliphatic carbocycles. The maximum absolute atomic E-state index is 3.67. The first-order valence-corrected chi connectivity index (χ1v) is 3.58. The number of aromatic amines is 1. The average molecular weight is 136 g/mol. The monoisotopic (exact) mass is 136 g/mol. The standard InChI is InChI=1S/C5H8.C3H4N2/c1-2-4-5-3-1;1-2-5-3-4-1/h1-2H,3-5H2;1-3H,(H,4,5). The summed E-state index contributed by atoms with van der Waals surface area (Å²) in [5, 5.41) is 0. The van der Waals surface area contributed by atoms with E-state index in [2.05, 4.69) is 22.1 Å². The first-order chi connectivity index (χ1) is 5.00. The van der Waals surface area contributed by atoms with Crippen molar-refractivity contribution in [2.24, 2.45) is 0 Å². The molecule has 2 rings (SSSR count). The fraction of sp³-hybridized carbons (Fsp3) is 0.375. The number of allylic oxidation sites excluding steroid dienone is 2. The summed E-state index contributed by atoms with van der Waals surface area (Å²) < 4.78 is 0. The molecule has 1 aromatic heterocycles. The Kier molecular flexibility index (Phi) is 3.39. The molecule has 2 heteroatoms. The van der Waals surface area contributed by atoms with Crippen LogP contribution in [0.3, 0.4) is 0 Å². The van der Waals surface area contributed by atoms with Gasteiger partial charge in [-0.3, -0.25) is 0 Å². The van der Waals surface area contributed by atoms with E-state index in [0.29, 0.717) is 0 Å². The smallest absolute Gasteiger partial charge is 0.0919 e. The molecular formula is C8H12N2. The van der Waals surface area contributed by atoms with Crippen LogP contribution in [0.15, 0.2) is 30.9 Å². The number of imidazole rings is 1. The minimum atomic E-state index is 1.32. The molecule has 0 atom stereocenters. The Balaban J connectivity index is 0.0000001000. The van der Waals surface area contributed by atoms with Gasteiger partial charge in [-0.05, 0) is 19.3 Å². The number of H-pyrrole nitrogens is 1. The van der Waals surface area contributed by atoms with Gasteiger partial charge in [-0.25, -0.2) is 4.98 Å². The molecule has 1 aliphatic rings. The van der Waals surface area contributed by atoms with E-state index < -0.39 is 0 Å². The van der Waals surface area contributed by atoms with Crippen LogP contribution >= 0.6 is 0 Å². The van der Waals surface area contributed by atoms with Crippen molar-refractivity contribution in [1.29, 1.82) is 0 Å². The van der Waals surface area contributed by atoms with E-state index in [1.807, 2.05) is 0 Å². The van der Waals surface area contributed by atoms with Gasteiger partial charge in [-0.2, -0.15) is 0 Å². The Morgan fingerprint density at radius 1 is 1.20 bits per heavy atom. The molecule has 0 aliphatic heterocycles. The van der Waals surface area contributed by atoms with Crippen molar-refractivity contribution < 1.29 is 0 Å². The summed E-state index contributed by atoms with van der Waals surface area (Å²) >= 11 is 0. The van der Waals surface area contributed by atoms with Crippen molar-refractivity contribution in [2.75, 3.05) is 0 Å². The summed E-state index contributed by atoms with van der Waals surface area (Å²) in [6.45, 7) is 0. The lowest BCUT2D eigenvalue weighted by atomic mass is 10.4. The van der Waals surface area contributed by atoms with Crippen LogP contribution < -0.4 is 0 Å². The van der Waals surface area contributed by atoms with Crippen LogP contribution in [-0.4, -0.2) is 9.97 Å². The van der Waals surface area contributed by atoms with E-state index in [9.17, 15) is 0 Å². The summed E-state index contributed by atoms with van der Waals surface area (Å²) in [6.07, 6.45) is 13.6. The summed E-state index contributed by atoms with van der Waals surface area (Å²) in [5.74, 6) is 0. The Hall–Kier alpha value is -1.05. The SMILES string of the molecule is C1=CCCC1.c1c[nH]cn1. The number of hydrogen-bond donors (Lipinski definition) is 1. The van der Waals surface area contributed by atoms with E-state index in [1.165, 1.54) is 19.3 Å². The van der Waals surface area contributed by atoms with Crippen molar-refractivity contribution >= 4 is 0 Å². The highest BCUT2D eigenvalue weighted by Crippen LogP contribution is 2.05. The molecule has 54 valence electrons. The van der Waals surface area contributed by atoms with Crippen LogP contribution in [0.5, 0.6) is 0 Å². The highest BCUT2D eigenvalue weighted by Gasteiger charge is 1.84. The zero-order chi connectivity index (χ0) is 7.07. The Morgan fingerprint density at radius 2 is 2.00 bits per heavy atom. The minimum Gasteiger partial charge on any atom is -0.351 e. The topological polar surface area (TPSA) is 28.7 Å². The fourth-order valence-corrected chi connectivity index (χ4v) is 0.804. The maximum atomic E-state index is 3.67. The summed E-state index contributed by atoms with van der Waals surface area (Å²) in [4.78, 5) is 6.42. The van der Waals surface area contributed by atoms with E-state index in [1.54, 1.807) is 18.7 Å². The summed E-state index contributed by atoms with van der Waals surface area (Å²) in [7, 11) is 0. The van der Waals surface area contributed by atoms with Crippen LogP contribution in [0.1, 0.15) is 19.3 Å². The molecule has 0 fully saturated rings. The fourth-order valence-electron chi connectivity index (χ4n) is 0.804. The Bertz CT molecular complexity index is 142. The van der Waals surface area contributed by atoms with Crippen molar-refractivity contribution in [2.45, 2.75) is 19.3 Å². The van der Waals surface area contributed by atoms with Gasteiger partial charge in [0.2, 0.25) is 0 Å². The third-order valence-corrected chi connectivity index (χ3v) is 1.31. The third-order valence-electron chi connectivity index (χ3n) is 1.31. The second-order valence-corrected chi connectivity index (χ2v) is 2.16. The molecule has 0 unspecified atom stereocenters. The van der Waals surface area contributed by atoms with Gasteiger partial charge < -0.3 is 4.98 Å². The predicted molar refractivity (Wildman–Crippen MR) is 41.6 cm³/mol. The van der Waals surface area contributed by atoms with E-state index in [-0.39, 0.29) is 0 Å². The molecule has 0 bridgehead atoms. The minimum absolute atomic E-state index is 1.32. The van der Waals surface area contributed by atoms with Crippen molar-refractivity contribution in [1.82, 2.24) is 9.97 Å². The Morgan fingerprint density at radius 3 is 2.20 bits per heavy atom. The molecule has 0 amide bonds. The van der Waals surface area contributed by atoms with Gasteiger partial charge in [-0.15, -0.1) is 0 Å². The van der Waals surface area contributed by atoms with Gasteiger partial charge in [0.15, 0.2) is 0 Å². The third kappa shape index (κ3) is 3.07. The van der Waals surface area contributed by atoms with Gasteiger partial charge in [0.25, 0.3) is 0 Å². The second kappa shape index (κ2) is 4.79. The highest BCUT2D eigenvalue weighted by molar-refractivity contribution is 4.88.